The zero-order valence-corrected chi connectivity index (χ0v) is 10.4. The molecule has 0 saturated carbocycles. The van der Waals surface area contributed by atoms with Crippen molar-refractivity contribution in [3.8, 4) is 0 Å². The minimum Gasteiger partial charge on any atom is -0.377 e. The van der Waals surface area contributed by atoms with E-state index >= 15 is 0 Å². The molecule has 0 bridgehead atoms. The fourth-order valence-electron chi connectivity index (χ4n) is 1.12. The Balaban J connectivity index is 2.88. The van der Waals surface area contributed by atoms with Crippen LogP contribution >= 0.6 is 15.9 Å². The summed E-state index contributed by atoms with van der Waals surface area (Å²) in [6.07, 6.45) is 3.53. The first-order valence-corrected chi connectivity index (χ1v) is 5.62. The number of halogens is 1. The standard InChI is InChI=1S/C9H13BrN4O2/c1-2-6(11)3-13-9-7(10)4-12-5-8(9)14(15)16/h4-6H,2-3,11H2,1H3,(H,12,13). The van der Waals surface area contributed by atoms with E-state index in [1.54, 1.807) is 0 Å². The predicted octanol–water partition coefficient (Wildman–Crippen LogP) is 1.90. The first kappa shape index (κ1) is 12.9. The van der Waals surface area contributed by atoms with Crippen molar-refractivity contribution >= 4 is 27.3 Å². The van der Waals surface area contributed by atoms with Crippen LogP contribution in [-0.4, -0.2) is 22.5 Å². The summed E-state index contributed by atoms with van der Waals surface area (Å²) in [5.74, 6) is 0. The van der Waals surface area contributed by atoms with Crippen molar-refractivity contribution in [1.82, 2.24) is 4.98 Å². The molecule has 0 aliphatic carbocycles. The Kier molecular flexibility index (Phi) is 4.63. The van der Waals surface area contributed by atoms with Gasteiger partial charge in [-0.15, -0.1) is 0 Å². The largest absolute Gasteiger partial charge is 0.377 e. The quantitative estimate of drug-likeness (QED) is 0.637. The van der Waals surface area contributed by atoms with E-state index in [2.05, 4.69) is 26.2 Å². The Labute approximate surface area is 102 Å². The van der Waals surface area contributed by atoms with E-state index in [9.17, 15) is 10.1 Å². The van der Waals surface area contributed by atoms with Gasteiger partial charge in [0.1, 0.15) is 11.9 Å². The van der Waals surface area contributed by atoms with Gasteiger partial charge in [0, 0.05) is 18.8 Å². The highest BCUT2D eigenvalue weighted by molar-refractivity contribution is 9.10. The van der Waals surface area contributed by atoms with Crippen LogP contribution in [0.3, 0.4) is 0 Å². The number of nitrogens with two attached hydrogens (primary N) is 1. The van der Waals surface area contributed by atoms with Gasteiger partial charge < -0.3 is 11.1 Å². The summed E-state index contributed by atoms with van der Waals surface area (Å²) < 4.78 is 0.560. The molecule has 1 rings (SSSR count). The highest BCUT2D eigenvalue weighted by Crippen LogP contribution is 2.30. The number of anilines is 1. The predicted molar refractivity (Wildman–Crippen MR) is 65.3 cm³/mol. The van der Waals surface area contributed by atoms with E-state index in [0.717, 1.165) is 6.42 Å². The maximum absolute atomic E-state index is 10.8. The van der Waals surface area contributed by atoms with Gasteiger partial charge in [-0.1, -0.05) is 6.92 Å². The van der Waals surface area contributed by atoms with E-state index in [4.69, 9.17) is 5.73 Å². The molecule has 16 heavy (non-hydrogen) atoms. The van der Waals surface area contributed by atoms with Crippen LogP contribution in [0.25, 0.3) is 0 Å². The molecule has 0 radical (unpaired) electrons. The normalized spacial score (nSPS) is 12.2. The minimum atomic E-state index is -0.475. The number of nitro groups is 1. The van der Waals surface area contributed by atoms with Crippen LogP contribution in [-0.2, 0) is 0 Å². The second-order valence-electron chi connectivity index (χ2n) is 3.32. The molecular weight excluding hydrogens is 276 g/mol. The van der Waals surface area contributed by atoms with Crippen LogP contribution < -0.4 is 11.1 Å². The van der Waals surface area contributed by atoms with Gasteiger partial charge in [0.25, 0.3) is 0 Å². The van der Waals surface area contributed by atoms with Gasteiger partial charge >= 0.3 is 5.69 Å². The average molecular weight is 289 g/mol. The lowest BCUT2D eigenvalue weighted by molar-refractivity contribution is -0.384. The van der Waals surface area contributed by atoms with E-state index in [-0.39, 0.29) is 11.7 Å². The van der Waals surface area contributed by atoms with E-state index in [0.29, 0.717) is 16.7 Å². The molecule has 1 unspecified atom stereocenters. The lowest BCUT2D eigenvalue weighted by atomic mass is 10.2. The highest BCUT2D eigenvalue weighted by Gasteiger charge is 2.17. The zero-order chi connectivity index (χ0) is 12.1. The van der Waals surface area contributed by atoms with Gasteiger partial charge in [-0.3, -0.25) is 15.1 Å². The smallest absolute Gasteiger partial charge is 0.311 e. The van der Waals surface area contributed by atoms with Crippen molar-refractivity contribution in [2.75, 3.05) is 11.9 Å². The van der Waals surface area contributed by atoms with Crippen molar-refractivity contribution in [3.05, 3.63) is 27.0 Å². The Bertz CT molecular complexity index is 386. The molecule has 7 heteroatoms. The number of nitrogens with one attached hydrogen (secondary N) is 1. The molecule has 1 aromatic rings. The van der Waals surface area contributed by atoms with Gasteiger partial charge in [-0.2, -0.15) is 0 Å². The molecule has 0 aromatic carbocycles. The number of pyridine rings is 1. The lowest BCUT2D eigenvalue weighted by Crippen LogP contribution is -2.28. The van der Waals surface area contributed by atoms with Gasteiger partial charge in [0.15, 0.2) is 0 Å². The van der Waals surface area contributed by atoms with Crippen LogP contribution in [0.5, 0.6) is 0 Å². The average Bonchev–Trinajstić information content (AvgIpc) is 2.26. The van der Waals surface area contributed by atoms with Crippen LogP contribution in [0, 0.1) is 10.1 Å². The zero-order valence-electron chi connectivity index (χ0n) is 8.81. The molecule has 0 spiro atoms. The maximum atomic E-state index is 10.8. The molecule has 0 amide bonds. The van der Waals surface area contributed by atoms with Gasteiger partial charge in [0.2, 0.25) is 0 Å². The number of nitrogens with zero attached hydrogens (tertiary/aromatic N) is 2. The monoisotopic (exact) mass is 288 g/mol. The Hall–Kier alpha value is -1.21. The third kappa shape index (κ3) is 3.14. The van der Waals surface area contributed by atoms with Crippen molar-refractivity contribution in [2.24, 2.45) is 5.73 Å². The molecule has 3 N–H and O–H groups in total. The van der Waals surface area contributed by atoms with Crippen LogP contribution in [0.2, 0.25) is 0 Å². The molecule has 0 saturated heterocycles. The second kappa shape index (κ2) is 5.76. The summed E-state index contributed by atoms with van der Waals surface area (Å²) in [5, 5.41) is 13.7. The molecule has 0 aliphatic rings. The van der Waals surface area contributed by atoms with Crippen LogP contribution in [0.4, 0.5) is 11.4 Å². The molecule has 1 atom stereocenters. The highest BCUT2D eigenvalue weighted by atomic mass is 79.9. The maximum Gasteiger partial charge on any atom is 0.311 e. The first-order valence-electron chi connectivity index (χ1n) is 4.83. The summed E-state index contributed by atoms with van der Waals surface area (Å²) in [6.45, 7) is 2.45. The van der Waals surface area contributed by atoms with Crippen LogP contribution in [0.15, 0.2) is 16.9 Å². The van der Waals surface area contributed by atoms with Gasteiger partial charge in [0.05, 0.1) is 9.40 Å². The van der Waals surface area contributed by atoms with Crippen molar-refractivity contribution < 1.29 is 4.92 Å². The molecule has 88 valence electrons. The first-order chi connectivity index (χ1) is 7.56. The molecule has 1 heterocycles. The Morgan fingerprint density at radius 3 is 2.94 bits per heavy atom. The number of hydrogen-bond acceptors (Lipinski definition) is 5. The molecular formula is C9H13BrN4O2. The summed E-state index contributed by atoms with van der Waals surface area (Å²) in [7, 11) is 0. The van der Waals surface area contributed by atoms with Crippen molar-refractivity contribution in [3.63, 3.8) is 0 Å². The number of rotatable bonds is 5. The third-order valence-corrected chi connectivity index (χ3v) is 2.74. The molecule has 0 fully saturated rings. The van der Waals surface area contributed by atoms with Crippen molar-refractivity contribution in [1.29, 1.82) is 0 Å². The topological polar surface area (TPSA) is 94.1 Å². The fourth-order valence-corrected chi connectivity index (χ4v) is 1.58. The second-order valence-corrected chi connectivity index (χ2v) is 4.18. The Morgan fingerprint density at radius 2 is 2.38 bits per heavy atom. The minimum absolute atomic E-state index is 0.0281. The van der Waals surface area contributed by atoms with E-state index in [1.807, 2.05) is 6.92 Å². The molecule has 6 nitrogen and oxygen atoms in total. The fraction of sp³-hybridized carbons (Fsp3) is 0.444. The third-order valence-electron chi connectivity index (χ3n) is 2.14. The van der Waals surface area contributed by atoms with Gasteiger partial charge in [-0.25, -0.2) is 0 Å². The summed E-state index contributed by atoms with van der Waals surface area (Å²) >= 11 is 3.22. The van der Waals surface area contributed by atoms with Crippen LogP contribution in [0.1, 0.15) is 13.3 Å². The number of hydrogen-bond donors (Lipinski definition) is 2. The summed E-state index contributed by atoms with van der Waals surface area (Å²) in [5.41, 5.74) is 6.10. The van der Waals surface area contributed by atoms with Gasteiger partial charge in [-0.05, 0) is 22.4 Å². The lowest BCUT2D eigenvalue weighted by Gasteiger charge is -2.12. The van der Waals surface area contributed by atoms with E-state index < -0.39 is 4.92 Å². The summed E-state index contributed by atoms with van der Waals surface area (Å²) in [6, 6.07) is -0.0281. The number of aromatic nitrogens is 1. The SMILES string of the molecule is CCC(N)CNc1c(Br)cncc1[N+](=O)[O-]. The van der Waals surface area contributed by atoms with E-state index in [1.165, 1.54) is 12.4 Å². The summed E-state index contributed by atoms with van der Waals surface area (Å²) in [4.78, 5) is 14.0. The van der Waals surface area contributed by atoms with Crippen molar-refractivity contribution in [2.45, 2.75) is 19.4 Å². The molecule has 1 aromatic heterocycles. The Morgan fingerprint density at radius 1 is 1.69 bits per heavy atom. The molecule has 0 aliphatic heterocycles.